The van der Waals surface area contributed by atoms with E-state index in [-0.39, 0.29) is 25.0 Å². The highest BCUT2D eigenvalue weighted by atomic mass is 35.5. The second kappa shape index (κ2) is 8.28. The van der Waals surface area contributed by atoms with Crippen molar-refractivity contribution in [2.45, 2.75) is 30.8 Å². The van der Waals surface area contributed by atoms with E-state index in [1.165, 1.54) is 19.1 Å². The van der Waals surface area contributed by atoms with Gasteiger partial charge >= 0.3 is 0 Å². The lowest BCUT2D eigenvalue weighted by atomic mass is 10.3. The van der Waals surface area contributed by atoms with Gasteiger partial charge < -0.3 is 11.1 Å². The number of halogens is 2. The smallest absolute Gasteiger partial charge is 0.244 e. The molecule has 0 saturated carbocycles. The third kappa shape index (κ3) is 5.58. The Morgan fingerprint density at radius 2 is 1.90 bits per heavy atom. The van der Waals surface area contributed by atoms with Crippen molar-refractivity contribution >= 4 is 28.3 Å². The van der Waals surface area contributed by atoms with Crippen molar-refractivity contribution in [3.63, 3.8) is 0 Å². The number of hydrogen-bond donors (Lipinski definition) is 3. The normalized spacial score (nSPS) is 13.9. The number of nitrogens with two attached hydrogens (primary N) is 1. The summed E-state index contributed by atoms with van der Waals surface area (Å²) in [5.74, 6) is -1.40. The minimum Gasteiger partial charge on any atom is -0.351 e. The predicted molar refractivity (Wildman–Crippen MR) is 80.1 cm³/mol. The van der Waals surface area contributed by atoms with E-state index in [2.05, 4.69) is 10.0 Å². The maximum Gasteiger partial charge on any atom is 0.244 e. The van der Waals surface area contributed by atoms with Gasteiger partial charge in [0.15, 0.2) is 0 Å². The Morgan fingerprint density at radius 3 is 2.43 bits per heavy atom. The second-order valence-electron chi connectivity index (χ2n) is 4.42. The highest BCUT2D eigenvalue weighted by Gasteiger charge is 2.24. The molecule has 4 N–H and O–H groups in total. The largest absolute Gasteiger partial charge is 0.351 e. The summed E-state index contributed by atoms with van der Waals surface area (Å²) < 4.78 is 39.5. The Hall–Kier alpha value is -1.22. The lowest BCUT2D eigenvalue weighted by molar-refractivity contribution is -0.122. The highest BCUT2D eigenvalue weighted by Crippen LogP contribution is 2.13. The van der Waals surface area contributed by atoms with Crippen LogP contribution in [0, 0.1) is 5.82 Å². The van der Waals surface area contributed by atoms with Crippen molar-refractivity contribution in [2.24, 2.45) is 5.73 Å². The van der Waals surface area contributed by atoms with Gasteiger partial charge in [0.05, 0.1) is 6.04 Å². The van der Waals surface area contributed by atoms with Crippen LogP contribution in [0.1, 0.15) is 13.8 Å². The molecular formula is C12H19ClFN3O3S. The molecule has 0 spiro atoms. The average molecular weight is 340 g/mol. The number of sulfonamides is 1. The quantitative estimate of drug-likeness (QED) is 0.697. The Morgan fingerprint density at radius 1 is 1.33 bits per heavy atom. The summed E-state index contributed by atoms with van der Waals surface area (Å²) >= 11 is 0. The fraction of sp³-hybridized carbons (Fsp3) is 0.417. The van der Waals surface area contributed by atoms with Gasteiger partial charge in [-0.05, 0) is 26.0 Å². The van der Waals surface area contributed by atoms with Gasteiger partial charge in [0.1, 0.15) is 10.7 Å². The van der Waals surface area contributed by atoms with Crippen LogP contribution >= 0.6 is 12.4 Å². The van der Waals surface area contributed by atoms with Gasteiger partial charge in [-0.15, -0.1) is 12.4 Å². The number of benzene rings is 1. The summed E-state index contributed by atoms with van der Waals surface area (Å²) in [4.78, 5) is 11.2. The van der Waals surface area contributed by atoms with E-state index >= 15 is 0 Å². The Kier molecular flexibility index (Phi) is 7.80. The van der Waals surface area contributed by atoms with E-state index in [1.54, 1.807) is 6.92 Å². The van der Waals surface area contributed by atoms with Crippen LogP contribution in [0.5, 0.6) is 0 Å². The molecule has 0 saturated heterocycles. The molecule has 1 unspecified atom stereocenters. The van der Waals surface area contributed by atoms with Gasteiger partial charge in [-0.1, -0.05) is 12.1 Å². The number of nitrogens with one attached hydrogen (secondary N) is 2. The van der Waals surface area contributed by atoms with Crippen molar-refractivity contribution in [1.82, 2.24) is 10.0 Å². The first-order chi connectivity index (χ1) is 9.27. The number of carbonyl (C=O) groups excluding carboxylic acids is 1. The lowest BCUT2D eigenvalue weighted by Crippen LogP contribution is -2.49. The number of amides is 1. The molecule has 120 valence electrons. The van der Waals surface area contributed by atoms with Gasteiger partial charge in [-0.3, -0.25) is 4.79 Å². The third-order valence-corrected chi connectivity index (χ3v) is 4.17. The summed E-state index contributed by atoms with van der Waals surface area (Å²) in [5.41, 5.74) is 5.36. The van der Waals surface area contributed by atoms with Gasteiger partial charge in [0, 0.05) is 12.6 Å². The number of carbonyl (C=O) groups is 1. The van der Waals surface area contributed by atoms with E-state index in [1.807, 2.05) is 0 Å². The van der Waals surface area contributed by atoms with Crippen LogP contribution in [-0.4, -0.2) is 33.0 Å². The van der Waals surface area contributed by atoms with E-state index in [9.17, 15) is 17.6 Å². The fourth-order valence-electron chi connectivity index (χ4n) is 1.44. The zero-order valence-corrected chi connectivity index (χ0v) is 13.3. The van der Waals surface area contributed by atoms with Crippen molar-refractivity contribution < 1.29 is 17.6 Å². The molecule has 1 aromatic carbocycles. The minimum absolute atomic E-state index is 0. The lowest BCUT2D eigenvalue weighted by Gasteiger charge is -2.17. The van der Waals surface area contributed by atoms with Crippen LogP contribution in [-0.2, 0) is 14.8 Å². The van der Waals surface area contributed by atoms with Crippen LogP contribution < -0.4 is 15.8 Å². The zero-order valence-electron chi connectivity index (χ0n) is 11.7. The molecule has 0 aliphatic rings. The third-order valence-electron chi connectivity index (χ3n) is 2.59. The van der Waals surface area contributed by atoms with Crippen molar-refractivity contribution in [3.05, 3.63) is 30.1 Å². The molecule has 6 nitrogen and oxygen atoms in total. The molecule has 21 heavy (non-hydrogen) atoms. The van der Waals surface area contributed by atoms with Gasteiger partial charge in [0.25, 0.3) is 0 Å². The van der Waals surface area contributed by atoms with Gasteiger partial charge in [-0.2, -0.15) is 4.72 Å². The first-order valence-electron chi connectivity index (χ1n) is 6.05. The van der Waals surface area contributed by atoms with Gasteiger partial charge in [0.2, 0.25) is 15.9 Å². The molecule has 0 aliphatic carbocycles. The topological polar surface area (TPSA) is 101 Å². The van der Waals surface area contributed by atoms with Crippen LogP contribution in [0.2, 0.25) is 0 Å². The fourth-order valence-corrected chi connectivity index (χ4v) is 2.72. The molecule has 0 aliphatic heterocycles. The summed E-state index contributed by atoms with van der Waals surface area (Å²) in [6.07, 6.45) is 0. The molecular weight excluding hydrogens is 321 g/mol. The molecule has 1 aromatic rings. The van der Waals surface area contributed by atoms with Gasteiger partial charge in [-0.25, -0.2) is 12.8 Å². The SMILES string of the molecule is CC(NS(=O)(=O)c1ccccc1F)C(=O)N[C@@H](C)CN.Cl. The molecule has 9 heteroatoms. The van der Waals surface area contributed by atoms with E-state index in [4.69, 9.17) is 5.73 Å². The molecule has 0 heterocycles. The molecule has 0 bridgehead atoms. The van der Waals surface area contributed by atoms with E-state index in [0.29, 0.717) is 0 Å². The molecule has 0 radical (unpaired) electrons. The molecule has 0 aromatic heterocycles. The molecule has 0 fully saturated rings. The summed E-state index contributed by atoms with van der Waals surface area (Å²) in [5, 5.41) is 2.53. The standard InChI is InChI=1S/C12H18FN3O3S.ClH/c1-8(7-14)15-12(17)9(2)16-20(18,19)11-6-4-3-5-10(11)13;/h3-6,8-9,16H,7,14H2,1-2H3,(H,15,17);1H/t8-,9?;/m0./s1. The highest BCUT2D eigenvalue weighted by molar-refractivity contribution is 7.89. The first kappa shape index (κ1) is 19.8. The Balaban J connectivity index is 0.00000400. The maximum absolute atomic E-state index is 13.5. The van der Waals surface area contributed by atoms with Crippen LogP contribution in [0.4, 0.5) is 4.39 Å². The summed E-state index contributed by atoms with van der Waals surface area (Å²) in [6, 6.07) is 3.64. The minimum atomic E-state index is -4.09. The average Bonchev–Trinajstić information content (AvgIpc) is 2.38. The van der Waals surface area contributed by atoms with Crippen molar-refractivity contribution in [2.75, 3.05) is 6.54 Å². The van der Waals surface area contributed by atoms with Crippen LogP contribution in [0.3, 0.4) is 0 Å². The summed E-state index contributed by atoms with van der Waals surface area (Å²) in [7, 11) is -4.09. The van der Waals surface area contributed by atoms with E-state index < -0.39 is 32.7 Å². The Labute approximate surface area is 129 Å². The maximum atomic E-state index is 13.5. The number of hydrogen-bond acceptors (Lipinski definition) is 4. The van der Waals surface area contributed by atoms with Crippen LogP contribution in [0.15, 0.2) is 29.2 Å². The zero-order chi connectivity index (χ0) is 15.3. The Bertz CT molecular complexity index is 583. The molecule has 2 atom stereocenters. The molecule has 1 amide bonds. The van der Waals surface area contributed by atoms with Crippen molar-refractivity contribution in [1.29, 1.82) is 0 Å². The first-order valence-corrected chi connectivity index (χ1v) is 7.53. The molecule has 1 rings (SSSR count). The monoisotopic (exact) mass is 339 g/mol. The van der Waals surface area contributed by atoms with Crippen molar-refractivity contribution in [3.8, 4) is 0 Å². The summed E-state index contributed by atoms with van der Waals surface area (Å²) in [6.45, 7) is 3.30. The number of rotatable bonds is 6. The van der Waals surface area contributed by atoms with Crippen LogP contribution in [0.25, 0.3) is 0 Å². The van der Waals surface area contributed by atoms with E-state index in [0.717, 1.165) is 12.1 Å². The predicted octanol–water partition coefficient (Wildman–Crippen LogP) is 0.378. The second-order valence-corrected chi connectivity index (χ2v) is 6.10.